The molecule has 0 saturated heterocycles. The number of hydrogen-bond donors (Lipinski definition) is 0. The van der Waals surface area contributed by atoms with Gasteiger partial charge in [-0.15, -0.1) is 0 Å². The smallest absolute Gasteiger partial charge is 0.259 e. The Bertz CT molecular complexity index is 1500. The van der Waals surface area contributed by atoms with Crippen molar-refractivity contribution in [1.29, 1.82) is 0 Å². The minimum absolute atomic E-state index is 0.0239. The number of halogens is 1. The Kier molecular flexibility index (Phi) is 6.04. The highest BCUT2D eigenvalue weighted by molar-refractivity contribution is 7.99. The summed E-state index contributed by atoms with van der Waals surface area (Å²) in [6.07, 6.45) is 0.842. The van der Waals surface area contributed by atoms with Crippen LogP contribution in [0.5, 0.6) is 0 Å². The van der Waals surface area contributed by atoms with E-state index < -0.39 is 0 Å². The molecule has 0 aliphatic carbocycles. The van der Waals surface area contributed by atoms with Gasteiger partial charge in [-0.1, -0.05) is 78.0 Å². The molecule has 36 heavy (non-hydrogen) atoms. The Morgan fingerprint density at radius 1 is 0.861 bits per heavy atom. The molecule has 4 aromatic carbocycles. The van der Waals surface area contributed by atoms with Crippen molar-refractivity contribution in [2.45, 2.75) is 29.3 Å². The molecule has 178 valence electrons. The first-order valence-electron chi connectivity index (χ1n) is 11.9. The largest absolute Gasteiger partial charge is 0.334 e. The van der Waals surface area contributed by atoms with Crippen LogP contribution in [0.4, 0.5) is 5.69 Å². The maximum Gasteiger partial charge on any atom is 0.259 e. The van der Waals surface area contributed by atoms with E-state index in [1.165, 1.54) is 11.1 Å². The van der Waals surface area contributed by atoms with Gasteiger partial charge in [0.2, 0.25) is 0 Å². The molecule has 2 aliphatic heterocycles. The number of amides is 2. The van der Waals surface area contributed by atoms with Gasteiger partial charge in [-0.3, -0.25) is 9.59 Å². The second kappa shape index (κ2) is 9.49. The molecule has 2 heterocycles. The van der Waals surface area contributed by atoms with Crippen LogP contribution in [-0.2, 0) is 19.5 Å². The van der Waals surface area contributed by atoms with Gasteiger partial charge in [-0.05, 0) is 59.5 Å². The van der Waals surface area contributed by atoms with Gasteiger partial charge in [0.15, 0.2) is 0 Å². The lowest BCUT2D eigenvalue weighted by Crippen LogP contribution is -2.36. The number of rotatable bonds is 3. The zero-order valence-electron chi connectivity index (χ0n) is 19.5. The van der Waals surface area contributed by atoms with Crippen LogP contribution < -0.4 is 4.90 Å². The summed E-state index contributed by atoms with van der Waals surface area (Å²) in [6, 6.07) is 29.2. The van der Waals surface area contributed by atoms with Crippen LogP contribution in [0.25, 0.3) is 0 Å². The Labute approximate surface area is 219 Å². The third kappa shape index (κ3) is 4.19. The molecule has 0 unspecified atom stereocenters. The van der Waals surface area contributed by atoms with Gasteiger partial charge >= 0.3 is 0 Å². The Balaban J connectivity index is 1.39. The molecule has 0 saturated carbocycles. The monoisotopic (exact) mass is 510 g/mol. The summed E-state index contributed by atoms with van der Waals surface area (Å²) in [6.45, 7) is 1.58. The summed E-state index contributed by atoms with van der Waals surface area (Å²) >= 11 is 8.03. The van der Waals surface area contributed by atoms with Crippen LogP contribution in [0.2, 0.25) is 5.02 Å². The van der Waals surface area contributed by atoms with Gasteiger partial charge < -0.3 is 9.80 Å². The topological polar surface area (TPSA) is 40.6 Å². The van der Waals surface area contributed by atoms with Crippen molar-refractivity contribution < 1.29 is 9.59 Å². The van der Waals surface area contributed by atoms with E-state index in [-0.39, 0.29) is 11.8 Å². The molecule has 4 nitrogen and oxygen atoms in total. The third-order valence-corrected chi connectivity index (χ3v) is 8.29. The van der Waals surface area contributed by atoms with E-state index in [4.69, 9.17) is 11.6 Å². The molecule has 0 atom stereocenters. The first-order chi connectivity index (χ1) is 17.6. The Morgan fingerprint density at radius 3 is 2.47 bits per heavy atom. The lowest BCUT2D eigenvalue weighted by Gasteiger charge is -2.29. The van der Waals surface area contributed by atoms with Crippen LogP contribution >= 0.6 is 23.4 Å². The summed E-state index contributed by atoms with van der Waals surface area (Å²) < 4.78 is 0. The van der Waals surface area contributed by atoms with Gasteiger partial charge in [0, 0.05) is 33.5 Å². The van der Waals surface area contributed by atoms with E-state index in [1.54, 1.807) is 16.7 Å². The third-order valence-electron chi connectivity index (χ3n) is 6.78. The lowest BCUT2D eigenvalue weighted by atomic mass is 9.99. The molecular formula is C30H23ClN2O2S. The highest BCUT2D eigenvalue weighted by atomic mass is 35.5. The first kappa shape index (κ1) is 22.9. The van der Waals surface area contributed by atoms with Crippen molar-refractivity contribution in [3.05, 3.63) is 124 Å². The second-order valence-corrected chi connectivity index (χ2v) is 10.5. The number of hydrogen-bond acceptors (Lipinski definition) is 3. The predicted molar refractivity (Wildman–Crippen MR) is 144 cm³/mol. The molecule has 0 aromatic heterocycles. The van der Waals surface area contributed by atoms with E-state index in [0.717, 1.165) is 27.5 Å². The van der Waals surface area contributed by atoms with E-state index in [9.17, 15) is 9.59 Å². The number of fused-ring (bicyclic) bond motifs is 3. The lowest BCUT2D eigenvalue weighted by molar-refractivity contribution is 0.0734. The van der Waals surface area contributed by atoms with Gasteiger partial charge in [-0.2, -0.15) is 0 Å². The molecule has 4 aromatic rings. The molecule has 0 bridgehead atoms. The van der Waals surface area contributed by atoms with Crippen molar-refractivity contribution >= 4 is 40.9 Å². The van der Waals surface area contributed by atoms with Gasteiger partial charge in [-0.25, -0.2) is 0 Å². The van der Waals surface area contributed by atoms with E-state index >= 15 is 0 Å². The zero-order valence-corrected chi connectivity index (χ0v) is 21.1. The fourth-order valence-corrected chi connectivity index (χ4v) is 6.11. The average Bonchev–Trinajstić information content (AvgIpc) is 3.03. The summed E-state index contributed by atoms with van der Waals surface area (Å²) in [5, 5.41) is 0.608. The average molecular weight is 511 g/mol. The number of anilines is 1. The Morgan fingerprint density at radius 2 is 1.61 bits per heavy atom. The zero-order chi connectivity index (χ0) is 24.6. The minimum Gasteiger partial charge on any atom is -0.334 e. The molecule has 0 N–H and O–H groups in total. The quantitative estimate of drug-likeness (QED) is 0.302. The molecular weight excluding hydrogens is 488 g/mol. The first-order valence-corrected chi connectivity index (χ1v) is 13.1. The van der Waals surface area contributed by atoms with E-state index in [0.29, 0.717) is 35.8 Å². The number of nitrogens with zero attached hydrogens (tertiary/aromatic N) is 2. The van der Waals surface area contributed by atoms with Crippen molar-refractivity contribution in [1.82, 2.24) is 4.90 Å². The molecule has 0 spiro atoms. The molecule has 0 radical (unpaired) electrons. The molecule has 2 aliphatic rings. The van der Waals surface area contributed by atoms with Gasteiger partial charge in [0.05, 0.1) is 17.8 Å². The highest BCUT2D eigenvalue weighted by Crippen LogP contribution is 2.42. The normalized spacial score (nSPS) is 14.5. The maximum atomic E-state index is 13.8. The summed E-state index contributed by atoms with van der Waals surface area (Å²) in [5.41, 5.74) is 5.29. The van der Waals surface area contributed by atoms with E-state index in [2.05, 4.69) is 12.1 Å². The number of carbonyl (C=O) groups is 2. The maximum absolute atomic E-state index is 13.8. The second-order valence-electron chi connectivity index (χ2n) is 9.01. The van der Waals surface area contributed by atoms with Crippen molar-refractivity contribution in [2.24, 2.45) is 0 Å². The summed E-state index contributed by atoms with van der Waals surface area (Å²) in [5.74, 6) is -0.127. The number of carbonyl (C=O) groups excluding carboxylic acids is 2. The van der Waals surface area contributed by atoms with Crippen LogP contribution in [0.3, 0.4) is 0 Å². The van der Waals surface area contributed by atoms with Crippen LogP contribution in [-0.4, -0.2) is 23.3 Å². The highest BCUT2D eigenvalue weighted by Gasteiger charge is 2.30. The van der Waals surface area contributed by atoms with Crippen LogP contribution in [0.1, 0.15) is 37.4 Å². The Hall–Kier alpha value is -3.54. The van der Waals surface area contributed by atoms with Crippen molar-refractivity contribution in [2.75, 3.05) is 11.4 Å². The van der Waals surface area contributed by atoms with Gasteiger partial charge in [0.1, 0.15) is 0 Å². The van der Waals surface area contributed by atoms with E-state index in [1.807, 2.05) is 83.8 Å². The molecule has 6 rings (SSSR count). The SMILES string of the molecule is O=C(c1ccc2c(c1)N(Cc1ccccc1Cl)C(=O)c1ccccc1S2)N1CCc2ccccc2C1. The molecule has 0 fully saturated rings. The van der Waals surface area contributed by atoms with Gasteiger partial charge in [0.25, 0.3) is 11.8 Å². The van der Waals surface area contributed by atoms with Crippen LogP contribution in [0.15, 0.2) is 101 Å². The minimum atomic E-state index is -0.103. The van der Waals surface area contributed by atoms with Crippen LogP contribution in [0, 0.1) is 0 Å². The van der Waals surface area contributed by atoms with Crippen molar-refractivity contribution in [3.8, 4) is 0 Å². The molecule has 6 heteroatoms. The summed E-state index contributed by atoms with van der Waals surface area (Å²) in [4.78, 5) is 32.9. The standard InChI is InChI=1S/C30H23ClN2O2S/c31-25-11-5-3-9-23(25)19-33-26-17-21(29(34)32-16-15-20-7-1-2-8-22(20)18-32)13-14-28(26)36-27-12-6-4-10-24(27)30(33)35/h1-14,17H,15-16,18-19H2. The predicted octanol–water partition coefficient (Wildman–Crippen LogP) is 6.85. The molecule has 2 amide bonds. The van der Waals surface area contributed by atoms with Crippen molar-refractivity contribution in [3.63, 3.8) is 0 Å². The fourth-order valence-electron chi connectivity index (χ4n) is 4.86. The fraction of sp³-hybridized carbons (Fsp3) is 0.133. The summed E-state index contributed by atoms with van der Waals surface area (Å²) in [7, 11) is 0. The number of benzene rings is 4.